The van der Waals surface area contributed by atoms with Crippen LogP contribution >= 0.6 is 11.3 Å². The summed E-state index contributed by atoms with van der Waals surface area (Å²) in [6, 6.07) is 6.85. The van der Waals surface area contributed by atoms with Crippen molar-refractivity contribution in [2.24, 2.45) is 5.73 Å². The van der Waals surface area contributed by atoms with Crippen LogP contribution in [0.25, 0.3) is 0 Å². The van der Waals surface area contributed by atoms with Gasteiger partial charge in [-0.1, -0.05) is 12.1 Å². The lowest BCUT2D eigenvalue weighted by atomic mass is 10.1. The fourth-order valence-corrected chi connectivity index (χ4v) is 3.66. The number of hydrogen-bond donors (Lipinski definition) is 2. The van der Waals surface area contributed by atoms with Crippen LogP contribution in [-0.2, 0) is 16.4 Å². The van der Waals surface area contributed by atoms with Gasteiger partial charge in [-0.15, -0.1) is 11.3 Å². The Morgan fingerprint density at radius 1 is 1.30 bits per heavy atom. The Hall–Kier alpha value is -1.44. The second-order valence-corrected chi connectivity index (χ2v) is 6.98. The first-order valence-electron chi connectivity index (χ1n) is 6.25. The minimum Gasteiger partial charge on any atom is -0.330 e. The van der Waals surface area contributed by atoms with E-state index in [9.17, 15) is 8.42 Å². The number of nitrogens with one attached hydrogen (secondary N) is 1. The molecule has 2 rings (SSSR count). The minimum absolute atomic E-state index is 0.238. The molecule has 0 aliphatic heterocycles. The number of nitrogens with two attached hydrogens (primary N) is 1. The van der Waals surface area contributed by atoms with Gasteiger partial charge in [-0.2, -0.15) is 0 Å². The number of sulfonamides is 1. The molecular formula is C13H17N3O2S2. The Morgan fingerprint density at radius 2 is 2.00 bits per heavy atom. The summed E-state index contributed by atoms with van der Waals surface area (Å²) < 4.78 is 26.8. The SMILES string of the molecule is Cc1csc(NS(=O)(=O)c2ccc(CCCN)cc2)n1. The van der Waals surface area contributed by atoms with Crippen LogP contribution in [-0.4, -0.2) is 19.9 Å². The molecule has 0 atom stereocenters. The smallest absolute Gasteiger partial charge is 0.263 e. The number of rotatable bonds is 6. The Bertz CT molecular complexity index is 663. The summed E-state index contributed by atoms with van der Waals surface area (Å²) in [4.78, 5) is 4.33. The molecule has 1 aromatic carbocycles. The number of aryl methyl sites for hydroxylation is 2. The van der Waals surface area contributed by atoms with Crippen LogP contribution < -0.4 is 10.5 Å². The van der Waals surface area contributed by atoms with Crippen molar-refractivity contribution in [3.05, 3.63) is 40.9 Å². The first-order valence-corrected chi connectivity index (χ1v) is 8.61. The van der Waals surface area contributed by atoms with Crippen molar-refractivity contribution >= 4 is 26.5 Å². The van der Waals surface area contributed by atoms with Crippen molar-refractivity contribution in [3.63, 3.8) is 0 Å². The van der Waals surface area contributed by atoms with Crippen LogP contribution in [0.4, 0.5) is 5.13 Å². The molecule has 0 saturated heterocycles. The van der Waals surface area contributed by atoms with Gasteiger partial charge in [0.05, 0.1) is 10.6 Å². The highest BCUT2D eigenvalue weighted by Gasteiger charge is 2.15. The Balaban J connectivity index is 2.13. The van der Waals surface area contributed by atoms with Gasteiger partial charge in [0, 0.05) is 5.38 Å². The van der Waals surface area contributed by atoms with Gasteiger partial charge in [-0.25, -0.2) is 13.4 Å². The molecular weight excluding hydrogens is 294 g/mol. The molecule has 0 radical (unpaired) electrons. The minimum atomic E-state index is -3.56. The first kappa shape index (κ1) is 15.0. The van der Waals surface area contributed by atoms with E-state index in [4.69, 9.17) is 5.73 Å². The van der Waals surface area contributed by atoms with Gasteiger partial charge >= 0.3 is 0 Å². The highest BCUT2D eigenvalue weighted by atomic mass is 32.2. The molecule has 0 bridgehead atoms. The van der Waals surface area contributed by atoms with E-state index in [1.165, 1.54) is 11.3 Å². The number of anilines is 1. The van der Waals surface area contributed by atoms with Crippen molar-refractivity contribution in [3.8, 4) is 0 Å². The predicted molar refractivity (Wildman–Crippen MR) is 81.5 cm³/mol. The van der Waals surface area contributed by atoms with Gasteiger partial charge in [0.2, 0.25) is 0 Å². The fourth-order valence-electron chi connectivity index (χ4n) is 1.72. The number of nitrogens with zero attached hydrogens (tertiary/aromatic N) is 1. The van der Waals surface area contributed by atoms with E-state index in [-0.39, 0.29) is 4.90 Å². The number of thiazole rings is 1. The summed E-state index contributed by atoms with van der Waals surface area (Å²) in [5, 5.41) is 2.18. The molecule has 5 nitrogen and oxygen atoms in total. The van der Waals surface area contributed by atoms with Crippen LogP contribution in [0, 0.1) is 6.92 Å². The number of aromatic nitrogens is 1. The lowest BCUT2D eigenvalue weighted by Crippen LogP contribution is -2.12. The maximum Gasteiger partial charge on any atom is 0.263 e. The van der Waals surface area contributed by atoms with Crippen molar-refractivity contribution in [1.29, 1.82) is 0 Å². The average molecular weight is 311 g/mol. The molecule has 3 N–H and O–H groups in total. The monoisotopic (exact) mass is 311 g/mol. The van der Waals surface area contributed by atoms with Crippen molar-refractivity contribution in [1.82, 2.24) is 4.98 Å². The highest BCUT2D eigenvalue weighted by molar-refractivity contribution is 7.93. The van der Waals surface area contributed by atoms with Gasteiger partial charge in [0.25, 0.3) is 10.0 Å². The summed E-state index contributed by atoms with van der Waals surface area (Å²) in [6.45, 7) is 2.45. The standard InChI is InChI=1S/C13H17N3O2S2/c1-10-9-19-13(15-10)16-20(17,18)12-6-4-11(5-7-12)3-2-8-14/h4-7,9H,2-3,8,14H2,1H3,(H,15,16). The molecule has 2 aromatic rings. The third-order valence-electron chi connectivity index (χ3n) is 2.74. The molecule has 0 aliphatic rings. The molecule has 7 heteroatoms. The second-order valence-electron chi connectivity index (χ2n) is 4.44. The van der Waals surface area contributed by atoms with Gasteiger partial charge in [0.15, 0.2) is 5.13 Å². The fraction of sp³-hybridized carbons (Fsp3) is 0.308. The normalized spacial score (nSPS) is 11.5. The van der Waals surface area contributed by atoms with Crippen LogP contribution in [0.3, 0.4) is 0 Å². The van der Waals surface area contributed by atoms with E-state index in [1.54, 1.807) is 17.5 Å². The van der Waals surface area contributed by atoms with E-state index in [2.05, 4.69) is 9.71 Å². The second kappa shape index (κ2) is 6.34. The molecule has 0 amide bonds. The first-order chi connectivity index (χ1) is 9.51. The zero-order valence-electron chi connectivity index (χ0n) is 11.2. The van der Waals surface area contributed by atoms with E-state index >= 15 is 0 Å². The predicted octanol–water partition coefficient (Wildman–Crippen LogP) is 2.14. The summed E-state index contributed by atoms with van der Waals surface area (Å²) in [7, 11) is -3.56. The molecule has 20 heavy (non-hydrogen) atoms. The van der Waals surface area contributed by atoms with Gasteiger partial charge in [-0.05, 0) is 44.0 Å². The summed E-state index contributed by atoms with van der Waals surface area (Å²) in [6.07, 6.45) is 1.75. The molecule has 0 fully saturated rings. The summed E-state index contributed by atoms with van der Waals surface area (Å²) in [5.41, 5.74) is 7.33. The van der Waals surface area contributed by atoms with Gasteiger partial charge < -0.3 is 5.73 Å². The van der Waals surface area contributed by atoms with Gasteiger partial charge in [-0.3, -0.25) is 4.72 Å². The number of benzene rings is 1. The van der Waals surface area contributed by atoms with E-state index in [0.29, 0.717) is 11.7 Å². The maximum atomic E-state index is 12.2. The van der Waals surface area contributed by atoms with Crippen LogP contribution in [0.5, 0.6) is 0 Å². The molecule has 0 spiro atoms. The molecule has 1 heterocycles. The third kappa shape index (κ3) is 3.78. The van der Waals surface area contributed by atoms with E-state index in [0.717, 1.165) is 24.1 Å². The van der Waals surface area contributed by atoms with Crippen molar-refractivity contribution < 1.29 is 8.42 Å². The highest BCUT2D eigenvalue weighted by Crippen LogP contribution is 2.20. The molecule has 0 saturated carbocycles. The van der Waals surface area contributed by atoms with Crippen molar-refractivity contribution in [2.75, 3.05) is 11.3 Å². The largest absolute Gasteiger partial charge is 0.330 e. The molecule has 0 aliphatic carbocycles. The van der Waals surface area contributed by atoms with Crippen LogP contribution in [0.15, 0.2) is 34.5 Å². The zero-order chi connectivity index (χ0) is 14.6. The van der Waals surface area contributed by atoms with Gasteiger partial charge in [0.1, 0.15) is 0 Å². The van der Waals surface area contributed by atoms with E-state index < -0.39 is 10.0 Å². The van der Waals surface area contributed by atoms with E-state index in [1.807, 2.05) is 19.1 Å². The maximum absolute atomic E-state index is 12.2. The van der Waals surface area contributed by atoms with Crippen molar-refractivity contribution in [2.45, 2.75) is 24.7 Å². The van der Waals surface area contributed by atoms with Crippen LogP contribution in [0.2, 0.25) is 0 Å². The third-order valence-corrected chi connectivity index (χ3v) is 5.10. The molecule has 0 unspecified atom stereocenters. The lowest BCUT2D eigenvalue weighted by Gasteiger charge is -2.06. The topological polar surface area (TPSA) is 85.1 Å². The summed E-state index contributed by atoms with van der Waals surface area (Å²) >= 11 is 1.27. The lowest BCUT2D eigenvalue weighted by molar-refractivity contribution is 0.601. The molecule has 108 valence electrons. The zero-order valence-corrected chi connectivity index (χ0v) is 12.8. The molecule has 1 aromatic heterocycles. The average Bonchev–Trinajstić information content (AvgIpc) is 2.81. The summed E-state index contributed by atoms with van der Waals surface area (Å²) in [5.74, 6) is 0. The Morgan fingerprint density at radius 3 is 2.55 bits per heavy atom. The Labute approximate surface area is 122 Å². The number of hydrogen-bond acceptors (Lipinski definition) is 5. The Kier molecular flexibility index (Phi) is 4.74. The van der Waals surface area contributed by atoms with Crippen LogP contribution in [0.1, 0.15) is 17.7 Å². The quantitative estimate of drug-likeness (QED) is 0.856.